The van der Waals surface area contributed by atoms with Crippen LogP contribution in [0.4, 0.5) is 4.39 Å². The van der Waals surface area contributed by atoms with E-state index >= 15 is 0 Å². The van der Waals surface area contributed by atoms with Crippen LogP contribution in [0.2, 0.25) is 5.02 Å². The van der Waals surface area contributed by atoms with Gasteiger partial charge < -0.3 is 5.32 Å². The van der Waals surface area contributed by atoms with Crippen LogP contribution in [-0.2, 0) is 6.54 Å². The maximum absolute atomic E-state index is 13.6. The van der Waals surface area contributed by atoms with E-state index in [1.165, 1.54) is 11.6 Å². The van der Waals surface area contributed by atoms with Gasteiger partial charge in [-0.25, -0.2) is 4.39 Å². The van der Waals surface area contributed by atoms with Crippen molar-refractivity contribution >= 4 is 11.6 Å². The molecule has 0 radical (unpaired) electrons. The van der Waals surface area contributed by atoms with Crippen LogP contribution in [0, 0.1) is 5.82 Å². The second kappa shape index (κ2) is 6.69. The van der Waals surface area contributed by atoms with Crippen LogP contribution >= 0.6 is 11.6 Å². The second-order valence-corrected chi connectivity index (χ2v) is 4.92. The lowest BCUT2D eigenvalue weighted by Gasteiger charge is -2.17. The molecule has 0 aromatic heterocycles. The lowest BCUT2D eigenvalue weighted by atomic mass is 10.0. The molecule has 0 spiro atoms. The summed E-state index contributed by atoms with van der Waals surface area (Å²) in [5, 5.41) is 3.93. The quantitative estimate of drug-likeness (QED) is 0.834. The Balaban J connectivity index is 2.06. The van der Waals surface area contributed by atoms with E-state index in [0.717, 1.165) is 6.42 Å². The molecular formula is C16H17ClFN. The summed E-state index contributed by atoms with van der Waals surface area (Å²) in [6.45, 7) is 2.58. The molecule has 19 heavy (non-hydrogen) atoms. The summed E-state index contributed by atoms with van der Waals surface area (Å²) in [6, 6.07) is 15.0. The second-order valence-electron chi connectivity index (χ2n) is 4.49. The molecule has 0 saturated heterocycles. The molecule has 1 atom stereocenters. The molecule has 0 bridgehead atoms. The van der Waals surface area contributed by atoms with Gasteiger partial charge in [0.25, 0.3) is 0 Å². The SMILES string of the molecule is CCC(NCc1cc(Cl)ccc1F)c1ccccc1. The highest BCUT2D eigenvalue weighted by Gasteiger charge is 2.09. The van der Waals surface area contributed by atoms with Crippen molar-refractivity contribution in [1.82, 2.24) is 5.32 Å². The van der Waals surface area contributed by atoms with Gasteiger partial charge >= 0.3 is 0 Å². The summed E-state index contributed by atoms with van der Waals surface area (Å²) in [6.07, 6.45) is 0.951. The Kier molecular flexibility index (Phi) is 4.94. The third kappa shape index (κ3) is 3.79. The summed E-state index contributed by atoms with van der Waals surface area (Å²) < 4.78 is 13.6. The van der Waals surface area contributed by atoms with Crippen molar-refractivity contribution in [3.05, 3.63) is 70.5 Å². The van der Waals surface area contributed by atoms with Crippen molar-refractivity contribution in [1.29, 1.82) is 0 Å². The van der Waals surface area contributed by atoms with Crippen molar-refractivity contribution in [2.24, 2.45) is 0 Å². The molecule has 0 amide bonds. The number of hydrogen-bond donors (Lipinski definition) is 1. The predicted octanol–water partition coefficient (Wildman–Crippen LogP) is 4.72. The largest absolute Gasteiger partial charge is 0.306 e. The minimum Gasteiger partial charge on any atom is -0.306 e. The van der Waals surface area contributed by atoms with Crippen LogP contribution in [0.3, 0.4) is 0 Å². The van der Waals surface area contributed by atoms with Gasteiger partial charge in [-0.3, -0.25) is 0 Å². The monoisotopic (exact) mass is 277 g/mol. The molecule has 1 N–H and O–H groups in total. The Hall–Kier alpha value is -1.38. The molecule has 100 valence electrons. The number of halogens is 2. The minimum atomic E-state index is -0.222. The van der Waals surface area contributed by atoms with Crippen molar-refractivity contribution in [2.45, 2.75) is 25.9 Å². The first-order valence-electron chi connectivity index (χ1n) is 6.43. The number of rotatable bonds is 5. The van der Waals surface area contributed by atoms with Gasteiger partial charge in [0.15, 0.2) is 0 Å². The minimum absolute atomic E-state index is 0.222. The number of hydrogen-bond acceptors (Lipinski definition) is 1. The first kappa shape index (κ1) is 14.0. The fourth-order valence-electron chi connectivity index (χ4n) is 2.10. The van der Waals surface area contributed by atoms with Crippen molar-refractivity contribution in [2.75, 3.05) is 0 Å². The molecule has 2 rings (SSSR count). The first-order chi connectivity index (χ1) is 9.20. The van der Waals surface area contributed by atoms with E-state index in [4.69, 9.17) is 11.6 Å². The zero-order chi connectivity index (χ0) is 13.7. The van der Waals surface area contributed by atoms with Crippen LogP contribution < -0.4 is 5.32 Å². The third-order valence-electron chi connectivity index (χ3n) is 3.16. The smallest absolute Gasteiger partial charge is 0.127 e. The Bertz CT molecular complexity index is 528. The normalized spacial score (nSPS) is 12.4. The topological polar surface area (TPSA) is 12.0 Å². The predicted molar refractivity (Wildman–Crippen MR) is 77.7 cm³/mol. The van der Waals surface area contributed by atoms with E-state index in [2.05, 4.69) is 24.4 Å². The van der Waals surface area contributed by atoms with Gasteiger partial charge in [-0.15, -0.1) is 0 Å². The summed E-state index contributed by atoms with van der Waals surface area (Å²) in [4.78, 5) is 0. The van der Waals surface area contributed by atoms with E-state index < -0.39 is 0 Å². The molecule has 0 fully saturated rings. The molecule has 3 heteroatoms. The van der Waals surface area contributed by atoms with Gasteiger partial charge in [0.1, 0.15) is 5.82 Å². The molecule has 0 heterocycles. The number of nitrogens with one attached hydrogen (secondary N) is 1. The first-order valence-corrected chi connectivity index (χ1v) is 6.80. The van der Waals surface area contributed by atoms with Crippen LogP contribution in [0.1, 0.15) is 30.5 Å². The lowest BCUT2D eigenvalue weighted by molar-refractivity contribution is 0.504. The molecule has 2 aromatic carbocycles. The highest BCUT2D eigenvalue weighted by molar-refractivity contribution is 6.30. The van der Waals surface area contributed by atoms with Gasteiger partial charge in [0, 0.05) is 23.2 Å². The average molecular weight is 278 g/mol. The molecule has 2 aromatic rings. The highest BCUT2D eigenvalue weighted by atomic mass is 35.5. The van der Waals surface area contributed by atoms with Crippen LogP contribution in [0.5, 0.6) is 0 Å². The number of benzene rings is 2. The Morgan fingerprint density at radius 2 is 1.89 bits per heavy atom. The van der Waals surface area contributed by atoms with Gasteiger partial charge in [-0.05, 0) is 30.2 Å². The van der Waals surface area contributed by atoms with Crippen LogP contribution in [0.25, 0.3) is 0 Å². The van der Waals surface area contributed by atoms with E-state index in [1.807, 2.05) is 18.2 Å². The summed E-state index contributed by atoms with van der Waals surface area (Å²) >= 11 is 5.89. The maximum atomic E-state index is 13.6. The fraction of sp³-hybridized carbons (Fsp3) is 0.250. The van der Waals surface area contributed by atoms with Gasteiger partial charge in [0.05, 0.1) is 0 Å². The van der Waals surface area contributed by atoms with Crippen molar-refractivity contribution in [3.8, 4) is 0 Å². The zero-order valence-corrected chi connectivity index (χ0v) is 11.6. The van der Waals surface area contributed by atoms with Gasteiger partial charge in [0.2, 0.25) is 0 Å². The van der Waals surface area contributed by atoms with E-state index in [0.29, 0.717) is 17.1 Å². The Morgan fingerprint density at radius 3 is 2.58 bits per heavy atom. The Labute approximate surface area is 118 Å². The molecule has 0 aliphatic rings. The van der Waals surface area contributed by atoms with Crippen molar-refractivity contribution in [3.63, 3.8) is 0 Å². The standard InChI is InChI=1S/C16H17ClFN/c1-2-16(12-6-4-3-5-7-12)19-11-13-10-14(17)8-9-15(13)18/h3-10,16,19H,2,11H2,1H3. The zero-order valence-electron chi connectivity index (χ0n) is 10.9. The molecule has 1 nitrogen and oxygen atoms in total. The van der Waals surface area contributed by atoms with Gasteiger partial charge in [-0.2, -0.15) is 0 Å². The summed E-state index contributed by atoms with van der Waals surface area (Å²) in [5.74, 6) is -0.222. The summed E-state index contributed by atoms with van der Waals surface area (Å²) in [5.41, 5.74) is 1.81. The maximum Gasteiger partial charge on any atom is 0.127 e. The van der Waals surface area contributed by atoms with E-state index in [1.54, 1.807) is 12.1 Å². The molecule has 1 unspecified atom stereocenters. The molecule has 0 aliphatic carbocycles. The fourth-order valence-corrected chi connectivity index (χ4v) is 2.29. The molecule has 0 aliphatic heterocycles. The van der Waals surface area contributed by atoms with Gasteiger partial charge in [-0.1, -0.05) is 48.9 Å². The van der Waals surface area contributed by atoms with E-state index in [9.17, 15) is 4.39 Å². The molecule has 0 saturated carbocycles. The summed E-state index contributed by atoms with van der Waals surface area (Å²) in [7, 11) is 0. The van der Waals surface area contributed by atoms with Crippen LogP contribution in [-0.4, -0.2) is 0 Å². The van der Waals surface area contributed by atoms with Crippen molar-refractivity contribution < 1.29 is 4.39 Å². The highest BCUT2D eigenvalue weighted by Crippen LogP contribution is 2.19. The van der Waals surface area contributed by atoms with E-state index in [-0.39, 0.29) is 11.9 Å². The average Bonchev–Trinajstić information content (AvgIpc) is 2.44. The molecular weight excluding hydrogens is 261 g/mol. The Morgan fingerprint density at radius 1 is 1.16 bits per heavy atom. The van der Waals surface area contributed by atoms with Crippen LogP contribution in [0.15, 0.2) is 48.5 Å². The lowest BCUT2D eigenvalue weighted by Crippen LogP contribution is -2.20. The third-order valence-corrected chi connectivity index (χ3v) is 3.39.